The van der Waals surface area contributed by atoms with Gasteiger partial charge in [-0.25, -0.2) is 0 Å². The minimum absolute atomic E-state index is 0.0923. The minimum Gasteiger partial charge on any atom is -0.377 e. The Bertz CT molecular complexity index is 837. The Kier molecular flexibility index (Phi) is 5.21. The van der Waals surface area contributed by atoms with Crippen molar-refractivity contribution in [3.8, 4) is 10.4 Å². The van der Waals surface area contributed by atoms with E-state index in [0.717, 1.165) is 38.9 Å². The van der Waals surface area contributed by atoms with Gasteiger partial charge in [0.1, 0.15) is 0 Å². The lowest BCUT2D eigenvalue weighted by Crippen LogP contribution is -2.12. The van der Waals surface area contributed by atoms with E-state index < -0.39 is 0 Å². The third-order valence-electron chi connectivity index (χ3n) is 3.82. The highest BCUT2D eigenvalue weighted by Gasteiger charge is 2.14. The number of ether oxygens (including phenoxy) is 1. The van der Waals surface area contributed by atoms with Crippen LogP contribution in [0.2, 0.25) is 0 Å². The van der Waals surface area contributed by atoms with Crippen molar-refractivity contribution in [3.05, 3.63) is 70.4 Å². The Morgan fingerprint density at radius 1 is 1.00 bits per heavy atom. The van der Waals surface area contributed by atoms with Crippen molar-refractivity contribution in [2.45, 2.75) is 26.4 Å². The van der Waals surface area contributed by atoms with E-state index in [1.807, 2.05) is 42.5 Å². The predicted molar refractivity (Wildman–Crippen MR) is 98.1 cm³/mol. The van der Waals surface area contributed by atoms with Crippen molar-refractivity contribution >= 4 is 21.4 Å². The van der Waals surface area contributed by atoms with Gasteiger partial charge in [0.15, 0.2) is 5.43 Å². The van der Waals surface area contributed by atoms with Gasteiger partial charge in [-0.15, -0.1) is 11.3 Å². The van der Waals surface area contributed by atoms with Crippen LogP contribution in [0.4, 0.5) is 0 Å². The average molecular weight is 324 g/mol. The van der Waals surface area contributed by atoms with E-state index in [-0.39, 0.29) is 5.43 Å². The fraction of sp³-hybridized carbons (Fsp3) is 0.250. The number of rotatable bonds is 6. The Labute approximate surface area is 140 Å². The molecule has 0 amide bonds. The lowest BCUT2D eigenvalue weighted by atomic mass is 10.1. The fourth-order valence-corrected chi connectivity index (χ4v) is 3.72. The summed E-state index contributed by atoms with van der Waals surface area (Å²) in [5, 5.41) is 0.784. The maximum atomic E-state index is 12.9. The summed E-state index contributed by atoms with van der Waals surface area (Å²) in [6, 6.07) is 17.9. The molecule has 1 heterocycles. The second kappa shape index (κ2) is 7.53. The molecule has 2 nitrogen and oxygen atoms in total. The van der Waals surface area contributed by atoms with Crippen molar-refractivity contribution < 1.29 is 4.74 Å². The molecule has 0 bridgehead atoms. The predicted octanol–water partition coefficient (Wildman–Crippen LogP) is 5.25. The first-order valence-electron chi connectivity index (χ1n) is 7.99. The molecule has 0 aliphatic heterocycles. The highest BCUT2D eigenvalue weighted by molar-refractivity contribution is 7.21. The molecule has 0 radical (unpaired) electrons. The zero-order valence-corrected chi connectivity index (χ0v) is 14.1. The molecule has 3 aromatic rings. The summed E-state index contributed by atoms with van der Waals surface area (Å²) >= 11 is 1.66. The van der Waals surface area contributed by atoms with Gasteiger partial charge in [0.2, 0.25) is 0 Å². The summed E-state index contributed by atoms with van der Waals surface area (Å²) < 4.78 is 6.78. The van der Waals surface area contributed by atoms with Gasteiger partial charge >= 0.3 is 0 Å². The van der Waals surface area contributed by atoms with Crippen molar-refractivity contribution in [3.63, 3.8) is 0 Å². The van der Waals surface area contributed by atoms with Gasteiger partial charge in [-0.2, -0.15) is 0 Å². The standard InChI is InChI=1S/C20H20O2S/c1-2-3-13-22-14-17-19(21)16-11-7-8-12-18(16)23-20(17)15-9-5-4-6-10-15/h4-12H,2-3,13-14H2,1H3. The van der Waals surface area contributed by atoms with E-state index in [0.29, 0.717) is 13.2 Å². The van der Waals surface area contributed by atoms with Crippen LogP contribution in [0.15, 0.2) is 59.4 Å². The highest BCUT2D eigenvalue weighted by atomic mass is 32.1. The van der Waals surface area contributed by atoms with E-state index in [4.69, 9.17) is 4.74 Å². The van der Waals surface area contributed by atoms with Crippen LogP contribution >= 0.6 is 11.3 Å². The molecule has 0 saturated carbocycles. The van der Waals surface area contributed by atoms with Gasteiger partial charge in [-0.1, -0.05) is 55.8 Å². The zero-order valence-electron chi connectivity index (χ0n) is 13.2. The molecule has 1 aromatic heterocycles. The smallest absolute Gasteiger partial charge is 0.194 e. The Morgan fingerprint density at radius 3 is 2.52 bits per heavy atom. The number of benzene rings is 2. The molecule has 118 valence electrons. The molecule has 3 heteroatoms. The van der Waals surface area contributed by atoms with Crippen molar-refractivity contribution in [2.24, 2.45) is 0 Å². The van der Waals surface area contributed by atoms with E-state index >= 15 is 0 Å². The Morgan fingerprint density at radius 2 is 1.74 bits per heavy atom. The first kappa shape index (κ1) is 15.9. The van der Waals surface area contributed by atoms with Crippen LogP contribution in [0.1, 0.15) is 25.3 Å². The third-order valence-corrected chi connectivity index (χ3v) is 5.08. The summed E-state index contributed by atoms with van der Waals surface area (Å²) in [5.74, 6) is 0. The van der Waals surface area contributed by atoms with Crippen LogP contribution in [0, 0.1) is 0 Å². The molecule has 2 aromatic carbocycles. The molecule has 0 saturated heterocycles. The van der Waals surface area contributed by atoms with Gasteiger partial charge in [-0.05, 0) is 24.1 Å². The van der Waals surface area contributed by atoms with Crippen LogP contribution in [0.25, 0.3) is 20.5 Å². The van der Waals surface area contributed by atoms with Gasteiger partial charge in [0.25, 0.3) is 0 Å². The van der Waals surface area contributed by atoms with E-state index in [1.165, 1.54) is 0 Å². The van der Waals surface area contributed by atoms with Crippen LogP contribution in [-0.2, 0) is 11.3 Å². The SMILES string of the molecule is CCCCOCc1c(-c2ccccc2)sc2ccccc2c1=O. The number of fused-ring (bicyclic) bond motifs is 1. The molecule has 0 atom stereocenters. The third kappa shape index (κ3) is 3.52. The molecule has 0 aliphatic rings. The van der Waals surface area contributed by atoms with Gasteiger partial charge in [-0.3, -0.25) is 4.79 Å². The van der Waals surface area contributed by atoms with Gasteiger partial charge < -0.3 is 4.74 Å². The molecular weight excluding hydrogens is 304 g/mol. The van der Waals surface area contributed by atoms with Crippen LogP contribution in [0.3, 0.4) is 0 Å². The lowest BCUT2D eigenvalue weighted by Gasteiger charge is -2.11. The van der Waals surface area contributed by atoms with Crippen molar-refractivity contribution in [1.29, 1.82) is 0 Å². The average Bonchev–Trinajstić information content (AvgIpc) is 2.61. The quantitative estimate of drug-likeness (QED) is 0.579. The van der Waals surface area contributed by atoms with Gasteiger partial charge in [0, 0.05) is 27.1 Å². The monoisotopic (exact) mass is 324 g/mol. The number of hydrogen-bond acceptors (Lipinski definition) is 3. The largest absolute Gasteiger partial charge is 0.377 e. The number of hydrogen-bond donors (Lipinski definition) is 0. The molecule has 0 fully saturated rings. The maximum Gasteiger partial charge on any atom is 0.194 e. The Balaban J connectivity index is 2.10. The lowest BCUT2D eigenvalue weighted by molar-refractivity contribution is 0.118. The molecule has 0 spiro atoms. The van der Waals surface area contributed by atoms with Gasteiger partial charge in [0.05, 0.1) is 6.61 Å². The first-order valence-corrected chi connectivity index (χ1v) is 8.80. The molecule has 0 aliphatic carbocycles. The van der Waals surface area contributed by atoms with E-state index in [1.54, 1.807) is 11.3 Å². The van der Waals surface area contributed by atoms with E-state index in [9.17, 15) is 4.79 Å². The van der Waals surface area contributed by atoms with Crippen LogP contribution in [0.5, 0.6) is 0 Å². The Hall–Kier alpha value is -1.97. The highest BCUT2D eigenvalue weighted by Crippen LogP contribution is 2.31. The van der Waals surface area contributed by atoms with Crippen LogP contribution in [-0.4, -0.2) is 6.61 Å². The molecule has 23 heavy (non-hydrogen) atoms. The summed E-state index contributed by atoms with van der Waals surface area (Å²) in [4.78, 5) is 13.9. The second-order valence-corrected chi connectivity index (χ2v) is 6.56. The van der Waals surface area contributed by atoms with E-state index in [2.05, 4.69) is 19.1 Å². The summed E-state index contributed by atoms with van der Waals surface area (Å²) in [6.45, 7) is 3.21. The maximum absolute atomic E-state index is 12.9. The van der Waals surface area contributed by atoms with Crippen LogP contribution < -0.4 is 5.43 Å². The second-order valence-electron chi connectivity index (χ2n) is 5.51. The fourth-order valence-electron chi connectivity index (χ4n) is 2.55. The summed E-state index contributed by atoms with van der Waals surface area (Å²) in [7, 11) is 0. The number of unbranched alkanes of at least 4 members (excludes halogenated alkanes) is 1. The van der Waals surface area contributed by atoms with Crippen molar-refractivity contribution in [1.82, 2.24) is 0 Å². The summed E-state index contributed by atoms with van der Waals surface area (Å²) in [6.07, 6.45) is 2.11. The zero-order chi connectivity index (χ0) is 16.1. The normalized spacial score (nSPS) is 11.0. The summed E-state index contributed by atoms with van der Waals surface area (Å²) in [5.41, 5.74) is 1.94. The first-order chi connectivity index (χ1) is 11.3. The minimum atomic E-state index is 0.0923. The molecule has 0 N–H and O–H groups in total. The topological polar surface area (TPSA) is 26.3 Å². The molecule has 3 rings (SSSR count). The van der Waals surface area contributed by atoms with Crippen molar-refractivity contribution in [2.75, 3.05) is 6.61 Å². The molecule has 0 unspecified atom stereocenters. The molecular formula is C20H20O2S.